The smallest absolute Gasteiger partial charge is 0.191 e. The van der Waals surface area contributed by atoms with Crippen molar-refractivity contribution in [3.63, 3.8) is 0 Å². The molecule has 1 unspecified atom stereocenters. The molecule has 0 heterocycles. The van der Waals surface area contributed by atoms with Gasteiger partial charge in [-0.1, -0.05) is 26.2 Å². The molecule has 20 heavy (non-hydrogen) atoms. The van der Waals surface area contributed by atoms with Gasteiger partial charge in [-0.05, 0) is 40.2 Å². The minimum Gasteiger partial charge on any atom is -0.357 e. The molecule has 1 saturated carbocycles. The van der Waals surface area contributed by atoms with E-state index in [1.165, 1.54) is 32.1 Å². The second-order valence-electron chi connectivity index (χ2n) is 5.99. The second-order valence-corrected chi connectivity index (χ2v) is 5.99. The maximum Gasteiger partial charge on any atom is 0.191 e. The van der Waals surface area contributed by atoms with Crippen LogP contribution in [0.15, 0.2) is 4.99 Å². The first kappa shape index (κ1) is 17.3. The third-order valence-corrected chi connectivity index (χ3v) is 4.26. The van der Waals surface area contributed by atoms with E-state index < -0.39 is 0 Å². The normalized spacial score (nSPS) is 19.1. The summed E-state index contributed by atoms with van der Waals surface area (Å²) in [6, 6.07) is 1.26. The van der Waals surface area contributed by atoms with E-state index in [0.29, 0.717) is 6.04 Å². The molecular formula is C16H34N4. The fourth-order valence-corrected chi connectivity index (χ4v) is 2.68. The summed E-state index contributed by atoms with van der Waals surface area (Å²) in [6.07, 6.45) is 8.07. The lowest BCUT2D eigenvalue weighted by atomic mass is 9.94. The third kappa shape index (κ3) is 6.60. The van der Waals surface area contributed by atoms with Crippen molar-refractivity contribution in [1.82, 2.24) is 15.5 Å². The molecule has 1 aliphatic carbocycles. The molecule has 0 amide bonds. The Kier molecular flexibility index (Phi) is 8.67. The molecule has 1 rings (SSSR count). The number of likely N-dealkylation sites (N-methyl/N-ethyl adjacent to an activating group) is 1. The van der Waals surface area contributed by atoms with E-state index in [-0.39, 0.29) is 0 Å². The van der Waals surface area contributed by atoms with Gasteiger partial charge in [-0.2, -0.15) is 0 Å². The zero-order chi connectivity index (χ0) is 14.8. The van der Waals surface area contributed by atoms with Crippen LogP contribution in [0.25, 0.3) is 0 Å². The Labute approximate surface area is 125 Å². The Morgan fingerprint density at radius 1 is 1.25 bits per heavy atom. The van der Waals surface area contributed by atoms with Crippen molar-refractivity contribution in [3.05, 3.63) is 0 Å². The van der Waals surface area contributed by atoms with Gasteiger partial charge in [0.2, 0.25) is 0 Å². The maximum atomic E-state index is 4.69. The van der Waals surface area contributed by atoms with E-state index in [0.717, 1.165) is 38.1 Å². The average molecular weight is 282 g/mol. The highest BCUT2D eigenvalue weighted by atomic mass is 15.2. The van der Waals surface area contributed by atoms with E-state index in [4.69, 9.17) is 0 Å². The van der Waals surface area contributed by atoms with E-state index in [1.807, 2.05) is 0 Å². The summed E-state index contributed by atoms with van der Waals surface area (Å²) in [6.45, 7) is 9.35. The van der Waals surface area contributed by atoms with Crippen molar-refractivity contribution >= 4 is 5.96 Å². The summed E-state index contributed by atoms with van der Waals surface area (Å²) in [4.78, 5) is 7.18. The van der Waals surface area contributed by atoms with Crippen LogP contribution in [0, 0.1) is 0 Å². The maximum absolute atomic E-state index is 4.69. The molecule has 0 radical (unpaired) electrons. The summed E-state index contributed by atoms with van der Waals surface area (Å²) < 4.78 is 0. The molecule has 0 aromatic rings. The quantitative estimate of drug-likeness (QED) is 0.557. The largest absolute Gasteiger partial charge is 0.357 e. The lowest BCUT2D eigenvalue weighted by Crippen LogP contribution is -2.42. The van der Waals surface area contributed by atoms with Gasteiger partial charge in [0.1, 0.15) is 0 Å². The van der Waals surface area contributed by atoms with Gasteiger partial charge in [0.05, 0.1) is 6.54 Å². The SMILES string of the molecule is CCNC(=NCCN(C)C1CCCCC1)NC(C)CC. The first-order chi connectivity index (χ1) is 9.67. The van der Waals surface area contributed by atoms with Crippen LogP contribution < -0.4 is 10.6 Å². The van der Waals surface area contributed by atoms with Crippen LogP contribution >= 0.6 is 0 Å². The Morgan fingerprint density at radius 3 is 2.55 bits per heavy atom. The molecule has 0 bridgehead atoms. The zero-order valence-corrected chi connectivity index (χ0v) is 13.9. The van der Waals surface area contributed by atoms with Crippen molar-refractivity contribution in [3.8, 4) is 0 Å². The molecule has 0 saturated heterocycles. The molecule has 0 aliphatic heterocycles. The molecule has 2 N–H and O–H groups in total. The molecule has 4 heteroatoms. The summed E-state index contributed by atoms with van der Waals surface area (Å²) in [7, 11) is 2.25. The number of hydrogen-bond donors (Lipinski definition) is 2. The molecule has 0 aromatic heterocycles. The second kappa shape index (κ2) is 10.0. The minimum atomic E-state index is 0.476. The number of nitrogens with one attached hydrogen (secondary N) is 2. The molecule has 4 nitrogen and oxygen atoms in total. The molecule has 1 atom stereocenters. The zero-order valence-electron chi connectivity index (χ0n) is 13.9. The number of hydrogen-bond acceptors (Lipinski definition) is 2. The van der Waals surface area contributed by atoms with E-state index in [9.17, 15) is 0 Å². The first-order valence-corrected chi connectivity index (χ1v) is 8.42. The molecule has 1 aliphatic rings. The van der Waals surface area contributed by atoms with Crippen LogP contribution in [-0.4, -0.2) is 49.6 Å². The molecule has 118 valence electrons. The molecule has 0 aromatic carbocycles. The first-order valence-electron chi connectivity index (χ1n) is 8.42. The van der Waals surface area contributed by atoms with Crippen LogP contribution in [0.4, 0.5) is 0 Å². The Bertz CT molecular complexity index is 272. The summed E-state index contributed by atoms with van der Waals surface area (Å²) in [5.41, 5.74) is 0. The van der Waals surface area contributed by atoms with Crippen molar-refractivity contribution in [2.24, 2.45) is 4.99 Å². The fourth-order valence-electron chi connectivity index (χ4n) is 2.68. The van der Waals surface area contributed by atoms with Gasteiger partial charge in [-0.3, -0.25) is 4.99 Å². The Hall–Kier alpha value is -0.770. The van der Waals surface area contributed by atoms with E-state index in [1.54, 1.807) is 0 Å². The third-order valence-electron chi connectivity index (χ3n) is 4.26. The van der Waals surface area contributed by atoms with Crippen LogP contribution in [-0.2, 0) is 0 Å². The van der Waals surface area contributed by atoms with Gasteiger partial charge >= 0.3 is 0 Å². The topological polar surface area (TPSA) is 39.7 Å². The summed E-state index contributed by atoms with van der Waals surface area (Å²) >= 11 is 0. The van der Waals surface area contributed by atoms with Crippen molar-refractivity contribution < 1.29 is 0 Å². The minimum absolute atomic E-state index is 0.476. The highest BCUT2D eigenvalue weighted by Gasteiger charge is 2.17. The lowest BCUT2D eigenvalue weighted by Gasteiger charge is -2.30. The molecule has 0 spiro atoms. The Morgan fingerprint density at radius 2 is 1.95 bits per heavy atom. The number of aliphatic imine (C=N–C) groups is 1. The van der Waals surface area contributed by atoms with Gasteiger partial charge in [0.25, 0.3) is 0 Å². The fraction of sp³-hybridized carbons (Fsp3) is 0.938. The standard InChI is InChI=1S/C16H34N4/c1-5-14(3)19-16(17-6-2)18-12-13-20(4)15-10-8-7-9-11-15/h14-15H,5-13H2,1-4H3,(H2,17,18,19). The summed E-state index contributed by atoms with van der Waals surface area (Å²) in [5, 5.41) is 6.76. The highest BCUT2D eigenvalue weighted by Crippen LogP contribution is 2.21. The average Bonchev–Trinajstić information content (AvgIpc) is 2.48. The van der Waals surface area contributed by atoms with Gasteiger partial charge in [0.15, 0.2) is 5.96 Å². The number of guanidine groups is 1. The van der Waals surface area contributed by atoms with E-state index >= 15 is 0 Å². The van der Waals surface area contributed by atoms with E-state index in [2.05, 4.69) is 48.3 Å². The van der Waals surface area contributed by atoms with Crippen LogP contribution in [0.2, 0.25) is 0 Å². The molecule has 1 fully saturated rings. The van der Waals surface area contributed by atoms with Crippen molar-refractivity contribution in [1.29, 1.82) is 0 Å². The highest BCUT2D eigenvalue weighted by molar-refractivity contribution is 5.80. The number of rotatable bonds is 7. The van der Waals surface area contributed by atoms with Gasteiger partial charge in [-0.15, -0.1) is 0 Å². The van der Waals surface area contributed by atoms with Crippen molar-refractivity contribution in [2.45, 2.75) is 71.4 Å². The molecular weight excluding hydrogens is 248 g/mol. The lowest BCUT2D eigenvalue weighted by molar-refractivity contribution is 0.196. The summed E-state index contributed by atoms with van der Waals surface area (Å²) in [5.74, 6) is 0.957. The van der Waals surface area contributed by atoms with Gasteiger partial charge in [0, 0.05) is 25.2 Å². The van der Waals surface area contributed by atoms with Gasteiger partial charge < -0.3 is 15.5 Å². The van der Waals surface area contributed by atoms with Crippen LogP contribution in [0.3, 0.4) is 0 Å². The monoisotopic (exact) mass is 282 g/mol. The van der Waals surface area contributed by atoms with Crippen LogP contribution in [0.1, 0.15) is 59.3 Å². The Balaban J connectivity index is 2.34. The predicted molar refractivity (Wildman–Crippen MR) is 88.4 cm³/mol. The van der Waals surface area contributed by atoms with Crippen LogP contribution in [0.5, 0.6) is 0 Å². The van der Waals surface area contributed by atoms with Gasteiger partial charge in [-0.25, -0.2) is 0 Å². The van der Waals surface area contributed by atoms with Crippen molar-refractivity contribution in [2.75, 3.05) is 26.7 Å². The predicted octanol–water partition coefficient (Wildman–Crippen LogP) is 2.60. The number of nitrogens with zero attached hydrogens (tertiary/aromatic N) is 2.